The number of benzene rings is 4. The Balaban J connectivity index is 0.000000186. The monoisotopic (exact) mass is 1330 g/mol. The molecule has 30 heteroatoms. The van der Waals surface area contributed by atoms with E-state index in [9.17, 15) is 39.9 Å². The van der Waals surface area contributed by atoms with Crippen molar-refractivity contribution in [1.82, 2.24) is 38.9 Å². The summed E-state index contributed by atoms with van der Waals surface area (Å²) in [6.45, 7) is 16.7. The molecule has 3 saturated heterocycles. The molecule has 9 heterocycles. The smallest absolute Gasteiger partial charge is 0.335 e. The number of hydrogen-bond acceptors (Lipinski definition) is 23. The van der Waals surface area contributed by atoms with Crippen molar-refractivity contribution in [3.63, 3.8) is 0 Å². The van der Waals surface area contributed by atoms with Crippen LogP contribution in [0.4, 0.5) is 32.6 Å². The largest absolute Gasteiger partial charge is 0.492 e. The van der Waals surface area contributed by atoms with Gasteiger partial charge in [0.05, 0.1) is 71.5 Å². The summed E-state index contributed by atoms with van der Waals surface area (Å²) in [6, 6.07) is 29.1. The lowest BCUT2D eigenvalue weighted by atomic mass is 9.91. The predicted molar refractivity (Wildman–Crippen MR) is 349 cm³/mol. The van der Waals surface area contributed by atoms with Crippen molar-refractivity contribution in [2.45, 2.75) is 69.2 Å². The van der Waals surface area contributed by atoms with E-state index < -0.39 is 59.6 Å². The summed E-state index contributed by atoms with van der Waals surface area (Å²) in [4.78, 5) is 52.7. The van der Waals surface area contributed by atoms with Gasteiger partial charge < -0.3 is 73.6 Å². The molecular weight excluding hydrogens is 1260 g/mol. The third-order valence-corrected chi connectivity index (χ3v) is 18.3. The molecule has 0 aliphatic carbocycles. The van der Waals surface area contributed by atoms with E-state index in [1.165, 1.54) is 6.07 Å². The first-order valence-electron chi connectivity index (χ1n) is 30.5. The van der Waals surface area contributed by atoms with E-state index in [0.29, 0.717) is 36.1 Å². The van der Waals surface area contributed by atoms with Crippen molar-refractivity contribution in [2.75, 3.05) is 113 Å². The molecule has 5 atom stereocenters. The molecule has 4 aromatic carbocycles. The van der Waals surface area contributed by atoms with Gasteiger partial charge in [-0.25, -0.2) is 24.4 Å². The zero-order valence-electron chi connectivity index (χ0n) is 51.8. The second kappa shape index (κ2) is 28.5. The van der Waals surface area contributed by atoms with E-state index in [-0.39, 0.29) is 24.8 Å². The van der Waals surface area contributed by atoms with E-state index in [0.717, 1.165) is 130 Å². The molecule has 6 aromatic heterocycles. The highest BCUT2D eigenvalue weighted by atomic mass is 32.1. The van der Waals surface area contributed by atoms with Crippen molar-refractivity contribution in [3.05, 3.63) is 121 Å². The van der Waals surface area contributed by atoms with Crippen LogP contribution in [-0.4, -0.2) is 205 Å². The average molecular weight is 1330 g/mol. The number of anilines is 4. The Morgan fingerprint density at radius 2 is 1.05 bits per heavy atom. The fourth-order valence-corrected chi connectivity index (χ4v) is 12.7. The molecule has 94 heavy (non-hydrogen) atoms. The Morgan fingerprint density at radius 1 is 0.596 bits per heavy atom. The second-order valence-corrected chi connectivity index (χ2v) is 26.1. The van der Waals surface area contributed by atoms with Crippen LogP contribution < -0.4 is 30.7 Å². The number of rotatable bonds is 21. The number of thiazole rings is 2. The van der Waals surface area contributed by atoms with Gasteiger partial charge in [0, 0.05) is 97.1 Å². The SMILES string of the molecule is CC(C)(CO)c1cc(NC(=O)Nc2ccc(-c3cn4c(n3)sc3cc(OCCN5CCOCC5)ccc34)cc2)no1.CC(C)(CO[C@@H]1OC(C(=O)O)[C@@H](O)[C@H](O)C1O)c1cc(NC(=O)Nc2ccc(-c3cn4c(n3)sc3cc(OCCN5CCOCC5)ccc34)cc2)no1. The predicted octanol–water partition coefficient (Wildman–Crippen LogP) is 7.57. The number of carbonyl (C=O) groups is 3. The molecule has 0 saturated carbocycles. The Hall–Kier alpha value is -8.63. The minimum atomic E-state index is -1.83. The average Bonchev–Trinajstić information content (AvgIpc) is 1.69. The summed E-state index contributed by atoms with van der Waals surface area (Å²) in [7, 11) is 0. The highest BCUT2D eigenvalue weighted by Gasteiger charge is 2.48. The van der Waals surface area contributed by atoms with Gasteiger partial charge in [0.2, 0.25) is 0 Å². The van der Waals surface area contributed by atoms with E-state index in [1.807, 2.05) is 86.9 Å². The number of carboxylic acid groups (broad SMARTS) is 1. The second-order valence-electron chi connectivity index (χ2n) is 24.1. The number of aliphatic hydroxyl groups excluding tert-OH is 4. The molecule has 0 radical (unpaired) electrons. The number of carboxylic acids is 1. The van der Waals surface area contributed by atoms with Crippen molar-refractivity contribution >= 4 is 94.1 Å². The fourth-order valence-electron chi connectivity index (χ4n) is 10.6. The number of nitrogens with zero attached hydrogens (tertiary/aromatic N) is 8. The molecule has 9 N–H and O–H groups in total. The Morgan fingerprint density at radius 3 is 1.50 bits per heavy atom. The zero-order chi connectivity index (χ0) is 65.7. The first-order chi connectivity index (χ1) is 45.3. The van der Waals surface area contributed by atoms with Crippen LogP contribution >= 0.6 is 22.7 Å². The van der Waals surface area contributed by atoms with Crippen molar-refractivity contribution in [3.8, 4) is 34.0 Å². The molecule has 0 bridgehead atoms. The summed E-state index contributed by atoms with van der Waals surface area (Å²) < 4.78 is 50.6. The normalized spacial score (nSPS) is 19.1. The van der Waals surface area contributed by atoms with Gasteiger partial charge in [-0.1, -0.05) is 84.9 Å². The van der Waals surface area contributed by atoms with E-state index in [4.69, 9.17) is 47.4 Å². The number of aliphatic carboxylic acids is 1. The van der Waals surface area contributed by atoms with Crippen LogP contribution in [0.15, 0.2) is 119 Å². The topological polar surface area (TPSA) is 349 Å². The van der Waals surface area contributed by atoms with Gasteiger partial charge in [-0.2, -0.15) is 0 Å². The van der Waals surface area contributed by atoms with Gasteiger partial charge in [0.25, 0.3) is 0 Å². The van der Waals surface area contributed by atoms with E-state index in [1.54, 1.807) is 54.7 Å². The lowest BCUT2D eigenvalue weighted by Gasteiger charge is -2.39. The molecule has 3 aliphatic heterocycles. The van der Waals surface area contributed by atoms with Crippen LogP contribution in [0.2, 0.25) is 0 Å². The number of aliphatic hydroxyl groups is 4. The molecule has 3 fully saturated rings. The third-order valence-electron chi connectivity index (χ3n) is 16.2. The molecule has 10 aromatic rings. The lowest BCUT2D eigenvalue weighted by Crippen LogP contribution is -2.60. The van der Waals surface area contributed by atoms with Crippen LogP contribution in [0.5, 0.6) is 11.5 Å². The number of urea groups is 2. The van der Waals surface area contributed by atoms with Gasteiger partial charge in [-0.05, 0) is 60.7 Å². The summed E-state index contributed by atoms with van der Waals surface area (Å²) in [5.74, 6) is 1.36. The highest BCUT2D eigenvalue weighted by Crippen LogP contribution is 2.36. The summed E-state index contributed by atoms with van der Waals surface area (Å²) in [6.07, 6.45) is -4.60. The zero-order valence-corrected chi connectivity index (χ0v) is 53.4. The standard InChI is InChI=1S/C35H40N6O11S.C29H32N6O5S/c1-35(2,18-50-32-29(44)27(42)28(43)30(51-32)31(45)46)25-16-26(39-52-25)38-33(47)36-20-5-3-19(4-6-20)22-17-41-23-8-7-21(15-24(23)53-34(41)37-22)49-14-11-40-9-12-48-13-10-40;1-29(2,18-36)25-16-26(33-40-25)32-27(37)30-20-5-3-19(4-6-20)22-17-35-23-8-7-21(15-24(23)41-28(35)31-22)39-14-11-34-9-12-38-13-10-34/h3-8,15-17,27-30,32,42-44H,9-14,18H2,1-2H3,(H,45,46)(H2,36,38,39,47);3-8,15-17,36H,9-14,18H2,1-2H3,(H2,30,32,33,37)/t27-,28-,29?,30?,32+;/m0./s1. The molecule has 28 nitrogen and oxygen atoms in total. The summed E-state index contributed by atoms with van der Waals surface area (Å²) in [5, 5.41) is 67.5. The van der Waals surface area contributed by atoms with Crippen molar-refractivity contribution < 1.29 is 77.4 Å². The number of carbonyl (C=O) groups excluding carboxylic acids is 2. The minimum Gasteiger partial charge on any atom is -0.492 e. The Bertz CT molecular complexity index is 4250. The summed E-state index contributed by atoms with van der Waals surface area (Å²) in [5.41, 5.74) is 5.26. The van der Waals surface area contributed by atoms with Gasteiger partial charge >= 0.3 is 18.0 Å². The van der Waals surface area contributed by atoms with Gasteiger partial charge in [0.1, 0.15) is 54.5 Å². The number of imidazole rings is 2. The highest BCUT2D eigenvalue weighted by molar-refractivity contribution is 7.24. The molecule has 3 aliphatic rings. The third kappa shape index (κ3) is 15.3. The number of amides is 4. The van der Waals surface area contributed by atoms with Gasteiger partial charge in [0.15, 0.2) is 34.0 Å². The maximum Gasteiger partial charge on any atom is 0.335 e. The van der Waals surface area contributed by atoms with Crippen molar-refractivity contribution in [1.29, 1.82) is 0 Å². The van der Waals surface area contributed by atoms with E-state index in [2.05, 4.69) is 62.3 Å². The molecule has 496 valence electrons. The van der Waals surface area contributed by atoms with Crippen LogP contribution in [0.25, 0.3) is 52.9 Å². The number of nitrogens with one attached hydrogen (secondary N) is 4. The van der Waals surface area contributed by atoms with Crippen LogP contribution in [0.3, 0.4) is 0 Å². The van der Waals surface area contributed by atoms with Gasteiger partial charge in [-0.15, -0.1) is 0 Å². The Labute approximate surface area is 545 Å². The Kier molecular flexibility index (Phi) is 19.9. The van der Waals surface area contributed by atoms with E-state index >= 15 is 0 Å². The maximum atomic E-state index is 12.8. The quantitative estimate of drug-likeness (QED) is 0.0335. The number of aromatic nitrogens is 6. The van der Waals surface area contributed by atoms with Crippen LogP contribution in [-0.2, 0) is 34.6 Å². The molecule has 4 amide bonds. The summed E-state index contributed by atoms with van der Waals surface area (Å²) >= 11 is 3.21. The van der Waals surface area contributed by atoms with Crippen LogP contribution in [0, 0.1) is 0 Å². The number of morpholine rings is 2. The van der Waals surface area contributed by atoms with Crippen molar-refractivity contribution in [2.24, 2.45) is 0 Å². The maximum absolute atomic E-state index is 12.8. The van der Waals surface area contributed by atoms with Crippen LogP contribution in [0.1, 0.15) is 39.2 Å². The fraction of sp³-hybridized carbons (Fsp3) is 0.391. The first-order valence-corrected chi connectivity index (χ1v) is 32.1. The molecule has 13 rings (SSSR count). The van der Waals surface area contributed by atoms with Gasteiger partial charge in [-0.3, -0.25) is 29.2 Å². The number of ether oxygens (including phenoxy) is 6. The molecule has 2 unspecified atom stereocenters. The lowest BCUT2D eigenvalue weighted by molar-refractivity contribution is -0.296. The number of fused-ring (bicyclic) bond motifs is 6. The molecular formula is C64H72N12O16S2. The number of hydrogen-bond donors (Lipinski definition) is 9. The first kappa shape index (κ1) is 65.4. The molecule has 0 spiro atoms. The minimum absolute atomic E-state index is 0.100.